The molecule has 0 atom stereocenters. The third kappa shape index (κ3) is 4.19. The van der Waals surface area contributed by atoms with Crippen LogP contribution in [0, 0.1) is 12.8 Å². The van der Waals surface area contributed by atoms with Crippen molar-refractivity contribution in [3.63, 3.8) is 0 Å². The predicted molar refractivity (Wildman–Crippen MR) is 86.7 cm³/mol. The number of pyridine rings is 1. The highest BCUT2D eigenvalue weighted by Gasteiger charge is 2.21. The highest BCUT2D eigenvalue weighted by Crippen LogP contribution is 2.25. The average molecular weight is 289 g/mol. The second kappa shape index (κ2) is 7.43. The molecule has 2 rings (SSSR count). The monoisotopic (exact) mass is 289 g/mol. The Morgan fingerprint density at radius 2 is 2.10 bits per heavy atom. The van der Waals surface area contributed by atoms with Gasteiger partial charge < -0.3 is 10.2 Å². The Bertz CT molecular complexity index is 481. The van der Waals surface area contributed by atoms with Gasteiger partial charge in [-0.05, 0) is 38.7 Å². The van der Waals surface area contributed by atoms with Crippen LogP contribution in [0.15, 0.2) is 12.3 Å². The molecule has 4 nitrogen and oxygen atoms in total. The first-order valence-electron chi connectivity index (χ1n) is 8.07. The van der Waals surface area contributed by atoms with Gasteiger partial charge in [-0.25, -0.2) is 0 Å². The number of hydrogen-bond acceptors (Lipinski definition) is 3. The van der Waals surface area contributed by atoms with Crippen LogP contribution in [-0.4, -0.2) is 35.9 Å². The molecule has 0 bridgehead atoms. The molecule has 0 radical (unpaired) electrons. The molecule has 0 aliphatic heterocycles. The summed E-state index contributed by atoms with van der Waals surface area (Å²) in [5, 5.41) is 3.27. The molecule has 1 saturated carbocycles. The van der Waals surface area contributed by atoms with Crippen LogP contribution in [0.5, 0.6) is 0 Å². The molecule has 4 heteroatoms. The number of aryl methyl sites for hydroxylation is 1. The largest absolute Gasteiger partial charge is 0.385 e. The maximum Gasteiger partial charge on any atom is 0.257 e. The Kier molecular flexibility index (Phi) is 5.59. The van der Waals surface area contributed by atoms with Gasteiger partial charge in [-0.3, -0.25) is 9.78 Å². The van der Waals surface area contributed by atoms with Crippen molar-refractivity contribution in [3.8, 4) is 0 Å². The van der Waals surface area contributed by atoms with Crippen molar-refractivity contribution in [3.05, 3.63) is 23.5 Å². The Morgan fingerprint density at radius 3 is 2.76 bits per heavy atom. The SMILES string of the molecule is CCNc1cc(C)ncc1C(=O)N(C)CC1CCCCC1. The molecule has 1 N–H and O–H groups in total. The van der Waals surface area contributed by atoms with E-state index in [0.717, 1.165) is 24.5 Å². The van der Waals surface area contributed by atoms with Gasteiger partial charge in [0.25, 0.3) is 5.91 Å². The summed E-state index contributed by atoms with van der Waals surface area (Å²) >= 11 is 0. The summed E-state index contributed by atoms with van der Waals surface area (Å²) in [6.45, 7) is 5.64. The van der Waals surface area contributed by atoms with E-state index in [-0.39, 0.29) is 5.91 Å². The fraction of sp³-hybridized carbons (Fsp3) is 0.647. The molecule has 0 aromatic carbocycles. The number of aromatic nitrogens is 1. The highest BCUT2D eigenvalue weighted by molar-refractivity contribution is 5.99. The van der Waals surface area contributed by atoms with Crippen LogP contribution in [-0.2, 0) is 0 Å². The number of rotatable bonds is 5. The molecular weight excluding hydrogens is 262 g/mol. The van der Waals surface area contributed by atoms with Gasteiger partial charge >= 0.3 is 0 Å². The standard InChI is InChI=1S/C17H27N3O/c1-4-18-16-10-13(2)19-11-15(16)17(21)20(3)12-14-8-6-5-7-9-14/h10-11,14H,4-9,12H2,1-3H3,(H,18,19). The van der Waals surface area contributed by atoms with E-state index in [2.05, 4.69) is 10.3 Å². The van der Waals surface area contributed by atoms with Crippen LogP contribution in [0.3, 0.4) is 0 Å². The topological polar surface area (TPSA) is 45.2 Å². The Morgan fingerprint density at radius 1 is 1.38 bits per heavy atom. The molecule has 1 aliphatic rings. The first kappa shape index (κ1) is 15.8. The molecule has 21 heavy (non-hydrogen) atoms. The Hall–Kier alpha value is -1.58. The lowest BCUT2D eigenvalue weighted by atomic mass is 9.89. The van der Waals surface area contributed by atoms with Crippen molar-refractivity contribution >= 4 is 11.6 Å². The van der Waals surface area contributed by atoms with E-state index < -0.39 is 0 Å². The van der Waals surface area contributed by atoms with Crippen LogP contribution in [0.1, 0.15) is 55.1 Å². The van der Waals surface area contributed by atoms with E-state index in [1.165, 1.54) is 32.1 Å². The summed E-state index contributed by atoms with van der Waals surface area (Å²) in [7, 11) is 1.91. The molecular formula is C17H27N3O. The summed E-state index contributed by atoms with van der Waals surface area (Å²) in [6, 6.07) is 1.95. The second-order valence-electron chi connectivity index (χ2n) is 6.09. The quantitative estimate of drug-likeness (QED) is 0.902. The number of carbonyl (C=O) groups excluding carboxylic acids is 1. The smallest absolute Gasteiger partial charge is 0.257 e. The zero-order valence-corrected chi connectivity index (χ0v) is 13.5. The van der Waals surface area contributed by atoms with E-state index in [1.54, 1.807) is 6.20 Å². The zero-order chi connectivity index (χ0) is 15.2. The van der Waals surface area contributed by atoms with E-state index in [4.69, 9.17) is 0 Å². The normalized spacial score (nSPS) is 15.8. The molecule has 0 spiro atoms. The minimum atomic E-state index is 0.0732. The van der Waals surface area contributed by atoms with Crippen LogP contribution < -0.4 is 5.32 Å². The second-order valence-corrected chi connectivity index (χ2v) is 6.09. The summed E-state index contributed by atoms with van der Waals surface area (Å²) < 4.78 is 0. The highest BCUT2D eigenvalue weighted by atomic mass is 16.2. The van der Waals surface area contributed by atoms with Crippen LogP contribution in [0.25, 0.3) is 0 Å². The maximum atomic E-state index is 12.7. The lowest BCUT2D eigenvalue weighted by Gasteiger charge is -2.27. The summed E-state index contributed by atoms with van der Waals surface area (Å²) in [4.78, 5) is 18.8. The lowest BCUT2D eigenvalue weighted by Crippen LogP contribution is -2.33. The molecule has 1 aliphatic carbocycles. The van der Waals surface area contributed by atoms with Gasteiger partial charge in [0.2, 0.25) is 0 Å². The first-order valence-corrected chi connectivity index (χ1v) is 8.07. The van der Waals surface area contributed by atoms with Gasteiger partial charge in [0.05, 0.1) is 11.3 Å². The van der Waals surface area contributed by atoms with E-state index in [0.29, 0.717) is 11.5 Å². The number of hydrogen-bond donors (Lipinski definition) is 1. The van der Waals surface area contributed by atoms with Gasteiger partial charge in [0.1, 0.15) is 0 Å². The van der Waals surface area contributed by atoms with Gasteiger partial charge in [0.15, 0.2) is 0 Å². The molecule has 0 saturated heterocycles. The van der Waals surface area contributed by atoms with Gasteiger partial charge in [-0.1, -0.05) is 19.3 Å². The molecule has 0 unspecified atom stereocenters. The van der Waals surface area contributed by atoms with Crippen LogP contribution in [0.4, 0.5) is 5.69 Å². The van der Waals surface area contributed by atoms with Crippen molar-refractivity contribution < 1.29 is 4.79 Å². The summed E-state index contributed by atoms with van der Waals surface area (Å²) in [5.74, 6) is 0.734. The van der Waals surface area contributed by atoms with Crippen molar-refractivity contribution in [2.24, 2.45) is 5.92 Å². The summed E-state index contributed by atoms with van der Waals surface area (Å²) in [6.07, 6.45) is 8.17. The minimum Gasteiger partial charge on any atom is -0.385 e. The number of anilines is 1. The fourth-order valence-electron chi connectivity index (χ4n) is 3.11. The van der Waals surface area contributed by atoms with Crippen LogP contribution >= 0.6 is 0 Å². The van der Waals surface area contributed by atoms with Crippen molar-refractivity contribution in [1.82, 2.24) is 9.88 Å². The van der Waals surface area contributed by atoms with E-state index in [9.17, 15) is 4.79 Å². The third-order valence-corrected chi connectivity index (χ3v) is 4.24. The fourth-order valence-corrected chi connectivity index (χ4v) is 3.11. The van der Waals surface area contributed by atoms with Crippen molar-refractivity contribution in [2.75, 3.05) is 25.5 Å². The number of nitrogens with one attached hydrogen (secondary N) is 1. The Balaban J connectivity index is 2.07. The van der Waals surface area contributed by atoms with Crippen molar-refractivity contribution in [1.29, 1.82) is 0 Å². The Labute approximate surface area is 127 Å². The maximum absolute atomic E-state index is 12.7. The van der Waals surface area contributed by atoms with E-state index >= 15 is 0 Å². The number of nitrogens with zero attached hydrogens (tertiary/aromatic N) is 2. The van der Waals surface area contributed by atoms with Gasteiger partial charge in [0, 0.05) is 32.0 Å². The molecule has 1 amide bonds. The molecule has 1 heterocycles. The van der Waals surface area contributed by atoms with Gasteiger partial charge in [-0.15, -0.1) is 0 Å². The average Bonchev–Trinajstić information content (AvgIpc) is 2.48. The van der Waals surface area contributed by atoms with Gasteiger partial charge in [-0.2, -0.15) is 0 Å². The molecule has 1 fully saturated rings. The van der Waals surface area contributed by atoms with E-state index in [1.807, 2.05) is 31.9 Å². The lowest BCUT2D eigenvalue weighted by molar-refractivity contribution is 0.0761. The number of carbonyl (C=O) groups is 1. The predicted octanol–water partition coefficient (Wildman–Crippen LogP) is 3.47. The molecule has 1 aromatic rings. The zero-order valence-electron chi connectivity index (χ0n) is 13.5. The van der Waals surface area contributed by atoms with Crippen LogP contribution in [0.2, 0.25) is 0 Å². The molecule has 1 aromatic heterocycles. The molecule has 116 valence electrons. The summed E-state index contributed by atoms with van der Waals surface area (Å²) in [5.41, 5.74) is 2.50. The first-order chi connectivity index (χ1) is 10.1. The van der Waals surface area contributed by atoms with Crippen molar-refractivity contribution in [2.45, 2.75) is 46.0 Å². The third-order valence-electron chi connectivity index (χ3n) is 4.24. The minimum absolute atomic E-state index is 0.0732. The number of amides is 1.